The van der Waals surface area contributed by atoms with Crippen LogP contribution < -0.4 is 0 Å². The number of nitrogens with zero attached hydrogens (tertiary/aromatic N) is 1. The molecule has 4 N–H and O–H groups in total. The summed E-state index contributed by atoms with van der Waals surface area (Å²) in [5, 5.41) is 43.1. The Morgan fingerprint density at radius 2 is 1.56 bits per heavy atom. The van der Waals surface area contributed by atoms with Gasteiger partial charge in [0.15, 0.2) is 5.78 Å². The van der Waals surface area contributed by atoms with Crippen molar-refractivity contribution >= 4 is 35.2 Å². The number of carbonyl (C=O) groups is 6. The number of aliphatic hydroxyl groups excluding tert-OH is 3. The lowest BCUT2D eigenvalue weighted by Crippen LogP contribution is -2.61. The molecule has 17 heteroatoms. The van der Waals surface area contributed by atoms with Crippen LogP contribution in [0.3, 0.4) is 0 Å². The molecule has 3 aliphatic heterocycles. The number of methoxy groups -OCH3 is 3. The molecule has 3 heterocycles. The molecule has 1 aliphatic carbocycles. The van der Waals surface area contributed by atoms with E-state index in [1.807, 2.05) is 51.2 Å². The SMILES string of the molecule is COC1CC2CCC(C)C(O)(O2)C(=O)C(=O)N2CCCCC2C(=O)OC(C(C)CC2CCC(OC(=O)C(C)(CO)CO)C(OC)C2)CC(=O)C(C)/C=C(/C)C(O)C(OC)C(=O)C(C)CC(C)/C=C\C=CC=C1C. The molecular formula is C56H87NO16. The number of piperidine rings is 1. The minimum Gasteiger partial charge on any atom is -0.460 e. The van der Waals surface area contributed by atoms with Crippen molar-refractivity contribution in [3.63, 3.8) is 0 Å². The van der Waals surface area contributed by atoms with Gasteiger partial charge in [-0.15, -0.1) is 0 Å². The van der Waals surface area contributed by atoms with E-state index in [-0.39, 0.29) is 42.8 Å². The van der Waals surface area contributed by atoms with E-state index in [0.717, 1.165) is 10.5 Å². The zero-order chi connectivity index (χ0) is 54.4. The maximum Gasteiger partial charge on any atom is 0.329 e. The van der Waals surface area contributed by atoms with Crippen LogP contribution in [0.4, 0.5) is 0 Å². The summed E-state index contributed by atoms with van der Waals surface area (Å²) < 4.78 is 35.4. The van der Waals surface area contributed by atoms with Crippen LogP contribution in [0.15, 0.2) is 47.6 Å². The fraction of sp³-hybridized carbons (Fsp3) is 0.750. The van der Waals surface area contributed by atoms with Gasteiger partial charge in [-0.2, -0.15) is 0 Å². The molecule has 73 heavy (non-hydrogen) atoms. The first-order chi connectivity index (χ1) is 34.5. The van der Waals surface area contributed by atoms with Gasteiger partial charge in [0.2, 0.25) is 5.79 Å². The Hall–Kier alpha value is -3.94. The van der Waals surface area contributed by atoms with E-state index < -0.39 is 120 Å². The van der Waals surface area contributed by atoms with Crippen molar-refractivity contribution in [1.29, 1.82) is 0 Å². The van der Waals surface area contributed by atoms with Gasteiger partial charge in [-0.05, 0) is 114 Å². The van der Waals surface area contributed by atoms with Crippen LogP contribution in [0.5, 0.6) is 0 Å². The summed E-state index contributed by atoms with van der Waals surface area (Å²) in [4.78, 5) is 85.4. The molecule has 0 aromatic rings. The molecule has 0 aromatic heterocycles. The largest absolute Gasteiger partial charge is 0.460 e. The van der Waals surface area contributed by atoms with Crippen LogP contribution >= 0.6 is 0 Å². The van der Waals surface area contributed by atoms with E-state index in [1.54, 1.807) is 40.9 Å². The lowest BCUT2D eigenvalue weighted by atomic mass is 9.78. The smallest absolute Gasteiger partial charge is 0.329 e. The highest BCUT2D eigenvalue weighted by atomic mass is 16.6. The number of hydrogen-bond acceptors (Lipinski definition) is 16. The Labute approximate surface area is 433 Å². The third-order valence-corrected chi connectivity index (χ3v) is 15.9. The molecule has 15 unspecified atom stereocenters. The zero-order valence-corrected chi connectivity index (χ0v) is 45.3. The molecule has 1 saturated carbocycles. The number of rotatable bonds is 10. The fourth-order valence-electron chi connectivity index (χ4n) is 10.7. The second-order valence-electron chi connectivity index (χ2n) is 21.8. The Morgan fingerprint density at radius 3 is 2.21 bits per heavy atom. The Balaban J connectivity index is 1.69. The minimum atomic E-state index is -2.47. The van der Waals surface area contributed by atoms with E-state index in [9.17, 15) is 49.2 Å². The summed E-state index contributed by atoms with van der Waals surface area (Å²) in [7, 11) is 4.43. The Bertz CT molecular complexity index is 2010. The van der Waals surface area contributed by atoms with Crippen molar-refractivity contribution in [2.45, 2.75) is 187 Å². The molecule has 0 radical (unpaired) electrons. The van der Waals surface area contributed by atoms with E-state index >= 15 is 0 Å². The molecule has 1 amide bonds. The number of esters is 2. The van der Waals surface area contributed by atoms with Crippen molar-refractivity contribution < 1.29 is 77.6 Å². The highest BCUT2D eigenvalue weighted by Crippen LogP contribution is 2.38. The number of amides is 1. The van der Waals surface area contributed by atoms with Gasteiger partial charge in [-0.25, -0.2) is 4.79 Å². The third kappa shape index (κ3) is 16.0. The summed E-state index contributed by atoms with van der Waals surface area (Å²) in [6.45, 7) is 12.7. The summed E-state index contributed by atoms with van der Waals surface area (Å²) in [6, 6.07) is -1.20. The molecule has 4 rings (SSSR count). The van der Waals surface area contributed by atoms with Crippen LogP contribution in [0.25, 0.3) is 0 Å². The average molecular weight is 1030 g/mol. The topological polar surface area (TPSA) is 242 Å². The van der Waals surface area contributed by atoms with Gasteiger partial charge in [0, 0.05) is 58.5 Å². The maximum atomic E-state index is 14.5. The van der Waals surface area contributed by atoms with E-state index in [1.165, 1.54) is 21.1 Å². The van der Waals surface area contributed by atoms with Gasteiger partial charge in [-0.3, -0.25) is 24.0 Å². The fourth-order valence-corrected chi connectivity index (χ4v) is 10.7. The standard InChI is InChI=1S/C56H87NO16/c1-33-17-13-12-14-18-34(2)45(68-9)29-41-22-20-39(7)56(67,73-41)51(63)52(64)57-24-16-15-19-42(57)53(65)71-46(30-43(60)35(3)26-38(6)49(62)50(70-11)48(61)37(5)25-33)36(4)27-40-21-23-44(47(28-40)69-10)72-54(66)55(8,31-58)32-59/h12-14,17-18,26,33,35-37,39-42,44-47,49-50,58-59,62,67H,15-16,19-25,27-32H2,1-11H3/b14-12?,17-13-,34-18?,38-26-. The van der Waals surface area contributed by atoms with Crippen molar-refractivity contribution in [2.24, 2.45) is 40.9 Å². The highest BCUT2D eigenvalue weighted by molar-refractivity contribution is 6.39. The number of ketones is 3. The molecular weight excluding hydrogens is 943 g/mol. The molecule has 15 atom stereocenters. The molecule has 17 nitrogen and oxygen atoms in total. The quantitative estimate of drug-likeness (QED) is 0.116. The predicted octanol–water partition coefficient (Wildman–Crippen LogP) is 5.72. The van der Waals surface area contributed by atoms with E-state index in [2.05, 4.69) is 0 Å². The third-order valence-electron chi connectivity index (χ3n) is 15.9. The number of ether oxygens (including phenoxy) is 6. The lowest BCUT2D eigenvalue weighted by molar-refractivity contribution is -0.265. The first-order valence-electron chi connectivity index (χ1n) is 26.4. The lowest BCUT2D eigenvalue weighted by Gasteiger charge is -2.42. The molecule has 0 spiro atoms. The Morgan fingerprint density at radius 1 is 0.863 bits per heavy atom. The van der Waals surface area contributed by atoms with Gasteiger partial charge in [-0.1, -0.05) is 71.1 Å². The maximum absolute atomic E-state index is 14.5. The van der Waals surface area contributed by atoms with Gasteiger partial charge >= 0.3 is 11.9 Å². The summed E-state index contributed by atoms with van der Waals surface area (Å²) in [5.41, 5.74) is -0.277. The molecule has 2 bridgehead atoms. The van der Waals surface area contributed by atoms with Gasteiger partial charge < -0.3 is 53.7 Å². The summed E-state index contributed by atoms with van der Waals surface area (Å²) >= 11 is 0. The van der Waals surface area contributed by atoms with Crippen molar-refractivity contribution in [1.82, 2.24) is 4.90 Å². The highest BCUT2D eigenvalue weighted by Gasteiger charge is 2.53. The Kier molecular flexibility index (Phi) is 23.9. The van der Waals surface area contributed by atoms with Crippen molar-refractivity contribution in [2.75, 3.05) is 41.1 Å². The molecule has 3 fully saturated rings. The second-order valence-corrected chi connectivity index (χ2v) is 21.8. The molecule has 0 aromatic carbocycles. The predicted molar refractivity (Wildman–Crippen MR) is 271 cm³/mol. The number of allylic oxidation sites excluding steroid dienone is 6. The summed E-state index contributed by atoms with van der Waals surface area (Å²) in [5.74, 6) is -9.36. The van der Waals surface area contributed by atoms with E-state index in [0.29, 0.717) is 69.8 Å². The van der Waals surface area contributed by atoms with E-state index in [4.69, 9.17) is 28.4 Å². The van der Waals surface area contributed by atoms with Crippen LogP contribution in [0.2, 0.25) is 0 Å². The average Bonchev–Trinajstić information content (AvgIpc) is 3.37. The monoisotopic (exact) mass is 1030 g/mol. The first-order valence-corrected chi connectivity index (χ1v) is 26.4. The molecule has 2 saturated heterocycles. The number of carbonyl (C=O) groups excluding carboxylic acids is 6. The van der Waals surface area contributed by atoms with Gasteiger partial charge in [0.1, 0.15) is 41.7 Å². The normalized spacial score (nSPS) is 36.3. The zero-order valence-electron chi connectivity index (χ0n) is 45.3. The van der Waals surface area contributed by atoms with Crippen molar-refractivity contribution in [3.8, 4) is 0 Å². The number of aliphatic hydroxyl groups is 4. The molecule has 4 aliphatic rings. The number of fused-ring (bicyclic) bond motifs is 3. The van der Waals surface area contributed by atoms with Crippen LogP contribution in [-0.4, -0.2) is 156 Å². The minimum absolute atomic E-state index is 0.00697. The van der Waals surface area contributed by atoms with Gasteiger partial charge in [0.25, 0.3) is 11.7 Å². The van der Waals surface area contributed by atoms with Crippen molar-refractivity contribution in [3.05, 3.63) is 47.6 Å². The number of hydrogen-bond donors (Lipinski definition) is 4. The first kappa shape index (κ1) is 61.6. The second kappa shape index (κ2) is 28.3. The number of cyclic esters (lactones) is 1. The van der Waals surface area contributed by atoms with Crippen LogP contribution in [-0.2, 0) is 57.2 Å². The summed E-state index contributed by atoms with van der Waals surface area (Å²) in [6.07, 6.45) is 9.76. The van der Waals surface area contributed by atoms with Crippen LogP contribution in [0, 0.1) is 40.9 Å². The number of Topliss-reactive ketones (excluding diaryl/α,β-unsaturated/α-hetero) is 3. The van der Waals surface area contributed by atoms with Gasteiger partial charge in [0.05, 0.1) is 31.5 Å². The van der Waals surface area contributed by atoms with Crippen LogP contribution in [0.1, 0.15) is 132 Å². The molecule has 412 valence electrons.